The van der Waals surface area contributed by atoms with E-state index in [2.05, 4.69) is 26.6 Å². The molecule has 90 valence electrons. The van der Waals surface area contributed by atoms with Gasteiger partial charge < -0.3 is 10.6 Å². The molecule has 1 aromatic carbocycles. The van der Waals surface area contributed by atoms with Crippen LogP contribution >= 0.6 is 27.5 Å². The topological polar surface area (TPSA) is 64.9 Å². The molecule has 1 rings (SSSR count). The van der Waals surface area contributed by atoms with Crippen molar-refractivity contribution in [2.24, 2.45) is 0 Å². The minimum atomic E-state index is -0.167. The molecule has 0 unspecified atom stereocenters. The number of amides is 1. The summed E-state index contributed by atoms with van der Waals surface area (Å²) in [6.07, 6.45) is 0.310. The number of halogens is 2. The highest BCUT2D eigenvalue weighted by molar-refractivity contribution is 9.10. The minimum Gasteiger partial charge on any atom is -0.375 e. The molecule has 0 fully saturated rings. The lowest BCUT2D eigenvalue weighted by atomic mass is 10.3. The number of rotatable bonds is 5. The Morgan fingerprint density at radius 3 is 2.94 bits per heavy atom. The van der Waals surface area contributed by atoms with Gasteiger partial charge in [-0.1, -0.05) is 27.5 Å². The van der Waals surface area contributed by atoms with E-state index in [1.807, 2.05) is 12.1 Å². The van der Waals surface area contributed by atoms with Crippen molar-refractivity contribution in [1.29, 1.82) is 5.26 Å². The second-order valence-corrected chi connectivity index (χ2v) is 4.56. The molecule has 17 heavy (non-hydrogen) atoms. The van der Waals surface area contributed by atoms with Crippen molar-refractivity contribution in [3.8, 4) is 6.07 Å². The molecule has 0 aliphatic heterocycles. The molecule has 1 aromatic rings. The van der Waals surface area contributed by atoms with Gasteiger partial charge in [0.05, 0.1) is 29.7 Å². The summed E-state index contributed by atoms with van der Waals surface area (Å²) in [6, 6.07) is 7.32. The van der Waals surface area contributed by atoms with E-state index >= 15 is 0 Å². The number of hydrogen-bond acceptors (Lipinski definition) is 3. The van der Waals surface area contributed by atoms with Crippen LogP contribution in [0.4, 0.5) is 5.69 Å². The number of carbonyl (C=O) groups excluding carboxylic acids is 1. The fraction of sp³-hybridized carbons (Fsp3) is 0.273. The maximum absolute atomic E-state index is 11.3. The average molecular weight is 317 g/mol. The smallest absolute Gasteiger partial charge is 0.239 e. The van der Waals surface area contributed by atoms with Crippen molar-refractivity contribution in [1.82, 2.24) is 5.32 Å². The van der Waals surface area contributed by atoms with Gasteiger partial charge in [0.25, 0.3) is 0 Å². The Morgan fingerprint density at radius 1 is 1.53 bits per heavy atom. The van der Waals surface area contributed by atoms with Crippen molar-refractivity contribution in [3.05, 3.63) is 27.7 Å². The van der Waals surface area contributed by atoms with Crippen molar-refractivity contribution in [3.63, 3.8) is 0 Å². The van der Waals surface area contributed by atoms with Gasteiger partial charge in [0.15, 0.2) is 0 Å². The molecule has 6 heteroatoms. The first-order chi connectivity index (χ1) is 8.13. The average Bonchev–Trinajstić information content (AvgIpc) is 2.28. The van der Waals surface area contributed by atoms with Crippen LogP contribution in [-0.2, 0) is 4.79 Å². The molecule has 0 atom stereocenters. The van der Waals surface area contributed by atoms with Crippen LogP contribution < -0.4 is 10.6 Å². The standard InChI is InChI=1S/C11H11BrClN3O/c12-8-2-3-10(9(13)6-8)16-7-11(17)15-5-1-4-14/h2-3,6,16H,1,5,7H2,(H,15,17). The quantitative estimate of drug-likeness (QED) is 0.821. The highest BCUT2D eigenvalue weighted by atomic mass is 79.9. The number of nitrogens with one attached hydrogen (secondary N) is 2. The molecule has 0 heterocycles. The van der Waals surface area contributed by atoms with E-state index in [4.69, 9.17) is 16.9 Å². The van der Waals surface area contributed by atoms with E-state index in [1.54, 1.807) is 12.1 Å². The summed E-state index contributed by atoms with van der Waals surface area (Å²) in [6.45, 7) is 0.498. The van der Waals surface area contributed by atoms with Gasteiger partial charge in [0, 0.05) is 11.0 Å². The van der Waals surface area contributed by atoms with Crippen LogP contribution in [0, 0.1) is 11.3 Å². The summed E-state index contributed by atoms with van der Waals surface area (Å²) in [5.41, 5.74) is 0.699. The Balaban J connectivity index is 2.40. The highest BCUT2D eigenvalue weighted by Gasteiger charge is 2.03. The predicted octanol–water partition coefficient (Wildman–Crippen LogP) is 2.54. The Morgan fingerprint density at radius 2 is 2.29 bits per heavy atom. The third-order valence-electron chi connectivity index (χ3n) is 1.93. The third kappa shape index (κ3) is 5.07. The number of nitriles is 1. The van der Waals surface area contributed by atoms with Gasteiger partial charge in [-0.2, -0.15) is 5.26 Å². The zero-order chi connectivity index (χ0) is 12.7. The molecule has 0 aliphatic rings. The Hall–Kier alpha value is -1.25. The summed E-state index contributed by atoms with van der Waals surface area (Å²) in [7, 11) is 0. The largest absolute Gasteiger partial charge is 0.375 e. The van der Waals surface area contributed by atoms with Crippen LogP contribution in [0.2, 0.25) is 5.02 Å². The van der Waals surface area contributed by atoms with Crippen LogP contribution in [0.15, 0.2) is 22.7 Å². The normalized spacial score (nSPS) is 9.47. The predicted molar refractivity (Wildman–Crippen MR) is 70.9 cm³/mol. The number of hydrogen-bond donors (Lipinski definition) is 2. The van der Waals surface area contributed by atoms with Crippen LogP contribution in [-0.4, -0.2) is 19.0 Å². The molecular formula is C11H11BrClN3O. The third-order valence-corrected chi connectivity index (χ3v) is 2.74. The highest BCUT2D eigenvalue weighted by Crippen LogP contribution is 2.25. The molecule has 1 amide bonds. The first-order valence-electron chi connectivity index (χ1n) is 4.96. The van der Waals surface area contributed by atoms with Gasteiger partial charge in [-0.15, -0.1) is 0 Å². The summed E-state index contributed by atoms with van der Waals surface area (Å²) in [4.78, 5) is 11.3. The van der Waals surface area contributed by atoms with Crippen molar-refractivity contribution >= 4 is 39.1 Å². The zero-order valence-corrected chi connectivity index (χ0v) is 11.3. The fourth-order valence-electron chi connectivity index (χ4n) is 1.13. The molecule has 0 spiro atoms. The molecule has 0 radical (unpaired) electrons. The fourth-order valence-corrected chi connectivity index (χ4v) is 1.87. The first-order valence-corrected chi connectivity index (χ1v) is 6.13. The SMILES string of the molecule is N#CCCNC(=O)CNc1ccc(Br)cc1Cl. The van der Waals surface area contributed by atoms with Crippen molar-refractivity contribution in [2.45, 2.75) is 6.42 Å². The van der Waals surface area contributed by atoms with E-state index in [1.165, 1.54) is 0 Å². The lowest BCUT2D eigenvalue weighted by Gasteiger charge is -2.08. The van der Waals surface area contributed by atoms with Gasteiger partial charge in [-0.05, 0) is 18.2 Å². The lowest BCUT2D eigenvalue weighted by molar-refractivity contribution is -0.119. The summed E-state index contributed by atoms with van der Waals surface area (Å²) in [5, 5.41) is 14.4. The molecule has 0 aromatic heterocycles. The Bertz CT molecular complexity index is 445. The van der Waals surface area contributed by atoms with E-state index in [9.17, 15) is 4.79 Å². The second-order valence-electron chi connectivity index (χ2n) is 3.24. The van der Waals surface area contributed by atoms with Crippen LogP contribution in [0.5, 0.6) is 0 Å². The number of nitrogens with zero attached hydrogens (tertiary/aromatic N) is 1. The lowest BCUT2D eigenvalue weighted by Crippen LogP contribution is -2.30. The van der Waals surface area contributed by atoms with Crippen molar-refractivity contribution < 1.29 is 4.79 Å². The number of anilines is 1. The van der Waals surface area contributed by atoms with E-state index in [0.717, 1.165) is 4.47 Å². The van der Waals surface area contributed by atoms with Gasteiger partial charge in [0.1, 0.15) is 0 Å². The van der Waals surface area contributed by atoms with Gasteiger partial charge in [-0.25, -0.2) is 0 Å². The first kappa shape index (κ1) is 13.8. The molecule has 2 N–H and O–H groups in total. The van der Waals surface area contributed by atoms with E-state index in [0.29, 0.717) is 23.7 Å². The summed E-state index contributed by atoms with van der Waals surface area (Å²) >= 11 is 9.27. The molecule has 4 nitrogen and oxygen atoms in total. The summed E-state index contributed by atoms with van der Waals surface area (Å²) in [5.74, 6) is -0.167. The Kier molecular flexibility index (Phi) is 5.81. The molecular weight excluding hydrogens is 305 g/mol. The van der Waals surface area contributed by atoms with Gasteiger partial charge >= 0.3 is 0 Å². The van der Waals surface area contributed by atoms with Crippen LogP contribution in [0.25, 0.3) is 0 Å². The van der Waals surface area contributed by atoms with E-state index < -0.39 is 0 Å². The van der Waals surface area contributed by atoms with Crippen LogP contribution in [0.1, 0.15) is 6.42 Å². The number of carbonyl (C=O) groups is 1. The number of benzene rings is 1. The maximum atomic E-state index is 11.3. The van der Waals surface area contributed by atoms with Gasteiger partial charge in [-0.3, -0.25) is 4.79 Å². The second kappa shape index (κ2) is 7.15. The van der Waals surface area contributed by atoms with E-state index in [-0.39, 0.29) is 12.5 Å². The minimum absolute atomic E-state index is 0.132. The molecule has 0 aliphatic carbocycles. The molecule has 0 bridgehead atoms. The Labute approximate surface area is 113 Å². The monoisotopic (exact) mass is 315 g/mol. The van der Waals surface area contributed by atoms with Crippen LogP contribution in [0.3, 0.4) is 0 Å². The summed E-state index contributed by atoms with van der Waals surface area (Å²) < 4.78 is 0.881. The van der Waals surface area contributed by atoms with Gasteiger partial charge in [0.2, 0.25) is 5.91 Å². The van der Waals surface area contributed by atoms with Crippen molar-refractivity contribution in [2.75, 3.05) is 18.4 Å². The molecule has 0 saturated carbocycles. The maximum Gasteiger partial charge on any atom is 0.239 e. The molecule has 0 saturated heterocycles. The zero-order valence-electron chi connectivity index (χ0n) is 8.96.